The molecule has 1 saturated heterocycles. The van der Waals surface area contributed by atoms with Crippen LogP contribution in [0, 0.1) is 23.0 Å². The molecule has 2 aliphatic rings. The van der Waals surface area contributed by atoms with Crippen LogP contribution in [-0.2, 0) is 11.3 Å². The maximum atomic E-state index is 16.0. The molecule has 2 aromatic heterocycles. The van der Waals surface area contributed by atoms with Crippen molar-refractivity contribution < 1.29 is 18.4 Å². The Kier molecular flexibility index (Phi) is 5.63. The van der Waals surface area contributed by atoms with Gasteiger partial charge < -0.3 is 15.5 Å². The topological polar surface area (TPSA) is 108 Å². The Balaban J connectivity index is 1.57. The van der Waals surface area contributed by atoms with Crippen LogP contribution in [-0.4, -0.2) is 57.1 Å². The number of rotatable bonds is 2. The SMILES string of the molecule is C=CC(=O)N1CCN2C(=O)c3cc(F)c(-c4ccc(F)c5sc(N)c(C#N)c45)c4c(Cl)nn(c34)CCC2C1. The zero-order chi connectivity index (χ0) is 26.9. The van der Waals surface area contributed by atoms with Crippen LogP contribution >= 0.6 is 22.9 Å². The highest BCUT2D eigenvalue weighted by molar-refractivity contribution is 7.23. The van der Waals surface area contributed by atoms with E-state index in [1.165, 1.54) is 18.2 Å². The molecule has 0 spiro atoms. The number of halogens is 3. The number of carbonyl (C=O) groups is 2. The van der Waals surface area contributed by atoms with Gasteiger partial charge in [-0.1, -0.05) is 24.2 Å². The largest absolute Gasteiger partial charge is 0.389 e. The van der Waals surface area contributed by atoms with Crippen molar-refractivity contribution in [1.29, 1.82) is 5.26 Å². The molecule has 12 heteroatoms. The van der Waals surface area contributed by atoms with Crippen LogP contribution < -0.4 is 5.73 Å². The first kappa shape index (κ1) is 24.3. The minimum Gasteiger partial charge on any atom is -0.389 e. The number of nitrogens with two attached hydrogens (primary N) is 1. The molecule has 4 aromatic rings. The fraction of sp³-hybridized carbons (Fsp3) is 0.231. The molecule has 1 atom stereocenters. The Morgan fingerprint density at radius 3 is 2.76 bits per heavy atom. The van der Waals surface area contributed by atoms with Crippen molar-refractivity contribution in [2.75, 3.05) is 25.4 Å². The van der Waals surface area contributed by atoms with Crippen LogP contribution in [0.4, 0.5) is 13.8 Å². The van der Waals surface area contributed by atoms with E-state index in [4.69, 9.17) is 17.3 Å². The fourth-order valence-electron chi connectivity index (χ4n) is 5.54. The fourth-order valence-corrected chi connectivity index (χ4v) is 6.76. The Labute approximate surface area is 224 Å². The lowest BCUT2D eigenvalue weighted by Crippen LogP contribution is -2.57. The second-order valence-electron chi connectivity index (χ2n) is 9.20. The maximum Gasteiger partial charge on any atom is 0.256 e. The van der Waals surface area contributed by atoms with Crippen LogP contribution in [0.15, 0.2) is 30.9 Å². The number of amides is 2. The zero-order valence-electron chi connectivity index (χ0n) is 19.8. The Hall–Kier alpha value is -4.01. The zero-order valence-corrected chi connectivity index (χ0v) is 21.4. The van der Waals surface area contributed by atoms with Crippen LogP contribution in [0.3, 0.4) is 0 Å². The van der Waals surface area contributed by atoms with Gasteiger partial charge in [-0.3, -0.25) is 14.3 Å². The molecule has 0 saturated carbocycles. The number of thiophene rings is 1. The number of nitrogen functional groups attached to an aromatic ring is 1. The van der Waals surface area contributed by atoms with E-state index < -0.39 is 17.5 Å². The van der Waals surface area contributed by atoms with Crippen LogP contribution in [0.25, 0.3) is 32.1 Å². The van der Waals surface area contributed by atoms with Gasteiger partial charge in [-0.2, -0.15) is 10.4 Å². The van der Waals surface area contributed by atoms with Gasteiger partial charge in [0.05, 0.1) is 32.8 Å². The Morgan fingerprint density at radius 2 is 2.03 bits per heavy atom. The number of aromatic nitrogens is 2. The summed E-state index contributed by atoms with van der Waals surface area (Å²) in [5, 5.41) is 14.6. The molecule has 2 N–H and O–H groups in total. The quantitative estimate of drug-likeness (QED) is 0.367. The first-order valence-corrected chi connectivity index (χ1v) is 13.0. The third kappa shape index (κ3) is 3.40. The van der Waals surface area contributed by atoms with Crippen molar-refractivity contribution >= 4 is 60.7 Å². The standard InChI is InChI=1S/C26H19ClF2N6O2S/c1-2-18(36)33-7-8-34-12(11-33)5-6-35-22-14(26(34)37)9-17(29)20(21(22)24(27)32-35)13-3-4-16(28)23-19(13)15(10-30)25(31)38-23/h2-4,9,12H,1,5-8,11,31H2. The second kappa shape index (κ2) is 8.79. The van der Waals surface area contributed by atoms with Gasteiger partial charge in [0.1, 0.15) is 22.7 Å². The third-order valence-electron chi connectivity index (χ3n) is 7.26. The molecular formula is C26H19ClF2N6O2S. The van der Waals surface area contributed by atoms with Crippen LogP contribution in [0.2, 0.25) is 5.15 Å². The van der Waals surface area contributed by atoms with E-state index >= 15 is 4.39 Å². The third-order valence-corrected chi connectivity index (χ3v) is 8.55. The van der Waals surface area contributed by atoms with E-state index in [1.54, 1.807) is 14.5 Å². The summed E-state index contributed by atoms with van der Waals surface area (Å²) >= 11 is 7.50. The van der Waals surface area contributed by atoms with Gasteiger partial charge in [-0.25, -0.2) is 8.78 Å². The lowest BCUT2D eigenvalue weighted by molar-refractivity contribution is -0.128. The molecule has 0 aliphatic carbocycles. The van der Waals surface area contributed by atoms with Gasteiger partial charge in [0, 0.05) is 37.1 Å². The molecule has 0 bridgehead atoms. The molecule has 0 radical (unpaired) electrons. The number of fused-ring (bicyclic) bond motifs is 2. The van der Waals surface area contributed by atoms with Gasteiger partial charge in [0.15, 0.2) is 5.15 Å². The summed E-state index contributed by atoms with van der Waals surface area (Å²) in [6, 6.07) is 5.42. The smallest absolute Gasteiger partial charge is 0.256 e. The van der Waals surface area contributed by atoms with Crippen molar-refractivity contribution in [3.8, 4) is 17.2 Å². The van der Waals surface area contributed by atoms with Gasteiger partial charge >= 0.3 is 0 Å². The molecule has 1 fully saturated rings. The predicted octanol–water partition coefficient (Wildman–Crippen LogP) is 4.55. The van der Waals surface area contributed by atoms with Crippen molar-refractivity contribution in [2.24, 2.45) is 0 Å². The molecule has 2 aromatic carbocycles. The number of carbonyl (C=O) groups excluding carboxylic acids is 2. The minimum atomic E-state index is -0.763. The molecule has 192 valence electrons. The first-order chi connectivity index (χ1) is 18.2. The summed E-state index contributed by atoms with van der Waals surface area (Å²) in [6.07, 6.45) is 1.74. The highest BCUT2D eigenvalue weighted by Gasteiger charge is 2.37. The lowest BCUT2D eigenvalue weighted by atomic mass is 9.93. The monoisotopic (exact) mass is 552 g/mol. The van der Waals surface area contributed by atoms with Gasteiger partial charge in [-0.05, 0) is 30.2 Å². The maximum absolute atomic E-state index is 16.0. The summed E-state index contributed by atoms with van der Waals surface area (Å²) in [6.45, 7) is 4.85. The Morgan fingerprint density at radius 1 is 1.24 bits per heavy atom. The van der Waals surface area contributed by atoms with Crippen molar-refractivity contribution in [1.82, 2.24) is 19.6 Å². The lowest BCUT2D eigenvalue weighted by Gasteiger charge is -2.42. The number of benzene rings is 2. The predicted molar refractivity (Wildman–Crippen MR) is 141 cm³/mol. The van der Waals surface area contributed by atoms with Crippen molar-refractivity contribution in [2.45, 2.75) is 19.0 Å². The summed E-state index contributed by atoms with van der Waals surface area (Å²) < 4.78 is 32.4. The highest BCUT2D eigenvalue weighted by Crippen LogP contribution is 2.46. The summed E-state index contributed by atoms with van der Waals surface area (Å²) in [5.41, 5.74) is 6.75. The van der Waals surface area contributed by atoms with Crippen LogP contribution in [0.5, 0.6) is 0 Å². The normalized spacial score (nSPS) is 17.3. The van der Waals surface area contributed by atoms with Crippen molar-refractivity contribution in [3.05, 3.63) is 58.8 Å². The van der Waals surface area contributed by atoms with E-state index in [0.717, 1.165) is 17.4 Å². The van der Waals surface area contributed by atoms with E-state index in [-0.39, 0.29) is 66.4 Å². The summed E-state index contributed by atoms with van der Waals surface area (Å²) in [7, 11) is 0. The number of hydrogen-bond donors (Lipinski definition) is 1. The second-order valence-corrected chi connectivity index (χ2v) is 10.6. The number of hydrogen-bond acceptors (Lipinski definition) is 6. The number of aryl methyl sites for hydroxylation is 1. The van der Waals surface area contributed by atoms with Gasteiger partial charge in [-0.15, -0.1) is 11.3 Å². The molecule has 4 heterocycles. The average molecular weight is 553 g/mol. The minimum absolute atomic E-state index is 0.0191. The first-order valence-electron chi connectivity index (χ1n) is 11.8. The van der Waals surface area contributed by atoms with E-state index in [1.807, 2.05) is 6.07 Å². The molecule has 1 unspecified atom stereocenters. The van der Waals surface area contributed by atoms with E-state index in [0.29, 0.717) is 31.6 Å². The number of piperazine rings is 1. The molecular weight excluding hydrogens is 534 g/mol. The number of nitriles is 1. The van der Waals surface area contributed by atoms with Gasteiger partial charge in [0.25, 0.3) is 5.91 Å². The van der Waals surface area contributed by atoms with E-state index in [9.17, 15) is 19.2 Å². The molecule has 8 nitrogen and oxygen atoms in total. The van der Waals surface area contributed by atoms with Crippen LogP contribution in [0.1, 0.15) is 22.3 Å². The summed E-state index contributed by atoms with van der Waals surface area (Å²) in [4.78, 5) is 29.2. The molecule has 38 heavy (non-hydrogen) atoms. The van der Waals surface area contributed by atoms with Gasteiger partial charge in [0.2, 0.25) is 5.91 Å². The Bertz CT molecular complexity index is 1760. The molecule has 2 amide bonds. The molecule has 6 rings (SSSR count). The number of nitrogens with zero attached hydrogens (tertiary/aromatic N) is 5. The summed E-state index contributed by atoms with van der Waals surface area (Å²) in [5.74, 6) is -1.95. The molecule has 2 aliphatic heterocycles. The van der Waals surface area contributed by atoms with E-state index in [2.05, 4.69) is 11.7 Å². The van der Waals surface area contributed by atoms with Crippen molar-refractivity contribution in [3.63, 3.8) is 0 Å². The number of anilines is 1. The highest BCUT2D eigenvalue weighted by atomic mass is 35.5. The average Bonchev–Trinajstić information content (AvgIpc) is 3.42.